The summed E-state index contributed by atoms with van der Waals surface area (Å²) in [7, 11) is 4.74. The molecule has 0 unspecified atom stereocenters. The van der Waals surface area contributed by atoms with Gasteiger partial charge in [-0.1, -0.05) is 0 Å². The zero-order chi connectivity index (χ0) is 4.71. The van der Waals surface area contributed by atoms with Crippen molar-refractivity contribution in [2.24, 2.45) is 0 Å². The van der Waals surface area contributed by atoms with Crippen LogP contribution in [0, 0.1) is 6.92 Å². The number of hydrogen-bond donors (Lipinski definition) is 0. The summed E-state index contributed by atoms with van der Waals surface area (Å²) in [6.07, 6.45) is 0.500. The molecule has 0 aromatic rings. The first-order chi connectivity index (χ1) is 2.41. The molecule has 0 aliphatic carbocycles. The maximum absolute atomic E-state index is 4.74. The molecule has 5 heavy (non-hydrogen) atoms. The van der Waals surface area contributed by atoms with Crippen LogP contribution < -0.4 is 0 Å². The first-order valence-electron chi connectivity index (χ1n) is 1.18. The molecular weight excluding hydrogens is 180 g/mol. The molecule has 0 aromatic carbocycles. The molecule has 24 valence electrons. The molecule has 0 amide bonds. The van der Waals surface area contributed by atoms with Crippen molar-refractivity contribution in [3.05, 3.63) is 6.92 Å². The van der Waals surface area contributed by atoms with Gasteiger partial charge in [-0.25, -0.2) is 6.32 Å². The predicted octanol–water partition coefficient (Wildman–Crippen LogP) is 1.25. The van der Waals surface area contributed by atoms with Gasteiger partial charge in [0.25, 0.3) is 0 Å². The van der Waals surface area contributed by atoms with E-state index in [1.165, 1.54) is 16.3 Å². The van der Waals surface area contributed by atoms with Crippen molar-refractivity contribution in [3.63, 3.8) is 0 Å². The van der Waals surface area contributed by atoms with Crippen molar-refractivity contribution in [3.8, 4) is 0 Å². The van der Waals surface area contributed by atoms with Gasteiger partial charge in [-0.15, -0.1) is 0 Å². The first-order valence-corrected chi connectivity index (χ1v) is 8.12. The Hall–Kier alpha value is 1.17. The van der Waals surface area contributed by atoms with E-state index in [1.54, 1.807) is 0 Å². The Labute approximate surface area is 51.2 Å². The Morgan fingerprint density at radius 3 is 1.80 bits per heavy atom. The van der Waals surface area contributed by atoms with Gasteiger partial charge in [0.1, 0.15) is 0 Å². The summed E-state index contributed by atoms with van der Waals surface area (Å²) in [4.78, 5) is 0. The van der Waals surface area contributed by atoms with Crippen LogP contribution in [0.1, 0.15) is 0 Å². The zero-order valence-electron chi connectivity index (χ0n) is 3.08. The van der Waals surface area contributed by atoms with Crippen LogP contribution in [0.5, 0.6) is 0 Å². The molecule has 0 N–H and O–H groups in total. The molecule has 0 saturated heterocycles. The summed E-state index contributed by atoms with van der Waals surface area (Å²) in [5, 5.41) is 0. The van der Waals surface area contributed by atoms with Crippen molar-refractivity contribution in [1.29, 1.82) is 0 Å². The SMILES string of the molecule is [B]C[CH2-].[Zn+][Br]. The van der Waals surface area contributed by atoms with Crippen LogP contribution in [0.2, 0.25) is 6.32 Å². The zero-order valence-corrected chi connectivity index (χ0v) is 7.63. The van der Waals surface area contributed by atoms with Crippen molar-refractivity contribution in [2.45, 2.75) is 6.32 Å². The standard InChI is InChI=1S/C2H4B.BrH.Zn/c1-2-3;;/h1-2H2;1H;/q-1;;+2/p-1. The second kappa shape index (κ2) is 19.1. The van der Waals surface area contributed by atoms with Gasteiger partial charge in [0.05, 0.1) is 0 Å². The van der Waals surface area contributed by atoms with E-state index in [1.807, 2.05) is 0 Å². The third-order valence-corrected chi connectivity index (χ3v) is 0. The molecule has 0 fully saturated rings. The summed E-state index contributed by atoms with van der Waals surface area (Å²) in [6, 6.07) is 0. The molecule has 0 atom stereocenters. The van der Waals surface area contributed by atoms with Gasteiger partial charge >= 0.3 is 30.0 Å². The number of halogens is 1. The van der Waals surface area contributed by atoms with E-state index in [0.717, 1.165) is 0 Å². The van der Waals surface area contributed by atoms with Gasteiger partial charge in [0.2, 0.25) is 0 Å². The van der Waals surface area contributed by atoms with Crippen LogP contribution in [-0.4, -0.2) is 7.85 Å². The predicted molar refractivity (Wildman–Crippen MR) is 24.8 cm³/mol. The molecule has 0 spiro atoms. The second-order valence-electron chi connectivity index (χ2n) is 0.289. The van der Waals surface area contributed by atoms with Crippen LogP contribution in [0.15, 0.2) is 0 Å². The van der Waals surface area contributed by atoms with E-state index < -0.39 is 0 Å². The maximum atomic E-state index is 4.74. The van der Waals surface area contributed by atoms with E-state index in [0.29, 0.717) is 6.32 Å². The van der Waals surface area contributed by atoms with Gasteiger partial charge in [0.15, 0.2) is 0 Å². The van der Waals surface area contributed by atoms with Gasteiger partial charge in [0, 0.05) is 7.85 Å². The Balaban J connectivity index is 0. The second-order valence-corrected chi connectivity index (χ2v) is 0.289. The molecule has 0 aromatic heterocycles. The van der Waals surface area contributed by atoms with Crippen LogP contribution in [-0.2, 0) is 16.3 Å². The fourth-order valence-electron chi connectivity index (χ4n) is 0. The Bertz CT molecular complexity index is 9.61. The molecule has 0 nitrogen and oxygen atoms in total. The molecule has 0 aliphatic heterocycles. The third-order valence-electron chi connectivity index (χ3n) is 0. The molecular formula is C2H4BBrZn. The van der Waals surface area contributed by atoms with Crippen molar-refractivity contribution in [2.75, 3.05) is 0 Å². The van der Waals surface area contributed by atoms with Crippen LogP contribution >= 0.6 is 13.6 Å². The van der Waals surface area contributed by atoms with E-state index in [9.17, 15) is 0 Å². The van der Waals surface area contributed by atoms with Crippen molar-refractivity contribution in [1.82, 2.24) is 0 Å². The average molecular weight is 184 g/mol. The summed E-state index contributed by atoms with van der Waals surface area (Å²) in [5.74, 6) is 0. The van der Waals surface area contributed by atoms with Crippen LogP contribution in [0.4, 0.5) is 0 Å². The van der Waals surface area contributed by atoms with Crippen molar-refractivity contribution >= 4 is 21.5 Å². The third kappa shape index (κ3) is 38.0. The number of rotatable bonds is 0. The molecule has 2 radical (unpaired) electrons. The topological polar surface area (TPSA) is 0 Å². The molecule has 0 aliphatic rings. The van der Waals surface area contributed by atoms with E-state index >= 15 is 0 Å². The van der Waals surface area contributed by atoms with Crippen LogP contribution in [0.25, 0.3) is 0 Å². The van der Waals surface area contributed by atoms with Gasteiger partial charge in [-0.2, -0.15) is 0 Å². The quantitative estimate of drug-likeness (QED) is 0.392. The Morgan fingerprint density at radius 1 is 1.80 bits per heavy atom. The normalized spacial score (nSPS) is 4.80. The average Bonchev–Trinajstić information content (AvgIpc) is 1.46. The minimum absolute atomic E-state index is 0.500. The molecule has 0 saturated carbocycles. The summed E-state index contributed by atoms with van der Waals surface area (Å²) in [5.41, 5.74) is 0. The molecule has 0 bridgehead atoms. The summed E-state index contributed by atoms with van der Waals surface area (Å²) < 4.78 is 0. The molecule has 0 rings (SSSR count). The van der Waals surface area contributed by atoms with Gasteiger partial charge in [-0.05, 0) is 0 Å². The van der Waals surface area contributed by atoms with Gasteiger partial charge < -0.3 is 6.92 Å². The van der Waals surface area contributed by atoms with Gasteiger partial charge in [-0.3, -0.25) is 0 Å². The molecule has 3 heteroatoms. The van der Waals surface area contributed by atoms with Crippen molar-refractivity contribution < 1.29 is 16.3 Å². The summed E-state index contributed by atoms with van der Waals surface area (Å²) in [6.45, 7) is 3.26. The van der Waals surface area contributed by atoms with E-state index in [-0.39, 0.29) is 0 Å². The molecule has 0 heterocycles. The summed E-state index contributed by atoms with van der Waals surface area (Å²) >= 11 is 4.25. The van der Waals surface area contributed by atoms with E-state index in [4.69, 9.17) is 7.85 Å². The number of hydrogen-bond acceptors (Lipinski definition) is 0. The minimum atomic E-state index is 0.500. The van der Waals surface area contributed by atoms with Crippen LogP contribution in [0.3, 0.4) is 0 Å². The fourth-order valence-corrected chi connectivity index (χ4v) is 0. The fraction of sp³-hybridized carbons (Fsp3) is 0.500. The van der Waals surface area contributed by atoms with E-state index in [2.05, 4.69) is 20.5 Å². The Kier molecular flexibility index (Phi) is 36.2. The Morgan fingerprint density at radius 2 is 1.80 bits per heavy atom. The monoisotopic (exact) mass is 182 g/mol. The first kappa shape index (κ1) is 9.48.